The van der Waals surface area contributed by atoms with Gasteiger partial charge in [-0.2, -0.15) is 5.26 Å². The zero-order valence-electron chi connectivity index (χ0n) is 18.1. The summed E-state index contributed by atoms with van der Waals surface area (Å²) in [5.41, 5.74) is 4.27. The van der Waals surface area contributed by atoms with E-state index in [1.165, 1.54) is 6.26 Å². The second kappa shape index (κ2) is 7.05. The molecule has 4 aliphatic rings. The highest BCUT2D eigenvalue weighted by molar-refractivity contribution is 5.94. The average Bonchev–Trinajstić information content (AvgIpc) is 3.48. The Bertz CT molecular complexity index is 1310. The first-order chi connectivity index (χ1) is 16.7. The average molecular weight is 456 g/mol. The summed E-state index contributed by atoms with van der Waals surface area (Å²) in [5.74, 6) is 0.874. The lowest BCUT2D eigenvalue weighted by Gasteiger charge is -2.16. The van der Waals surface area contributed by atoms with Crippen LogP contribution in [0.15, 0.2) is 53.4 Å². The second-order valence-corrected chi connectivity index (χ2v) is 9.22. The number of anilines is 1. The number of cyclic esters (lactones) is 1. The number of aromatic nitrogens is 2. The van der Waals surface area contributed by atoms with Crippen LogP contribution in [0, 0.1) is 23.2 Å². The van der Waals surface area contributed by atoms with Crippen LogP contribution < -0.4 is 9.64 Å². The maximum absolute atomic E-state index is 12.6. The lowest BCUT2D eigenvalue weighted by molar-refractivity contribution is 0.0886. The molecule has 0 spiro atoms. The molecule has 0 N–H and O–H groups in total. The molecule has 1 aliphatic carbocycles. The number of hydrogen-bond donors (Lipinski definition) is 0. The van der Waals surface area contributed by atoms with E-state index >= 15 is 0 Å². The van der Waals surface area contributed by atoms with Crippen LogP contribution in [0.1, 0.15) is 11.3 Å². The summed E-state index contributed by atoms with van der Waals surface area (Å²) in [5, 5.41) is 13.5. The molecule has 0 radical (unpaired) electrons. The molecule has 9 nitrogen and oxygen atoms in total. The van der Waals surface area contributed by atoms with Crippen LogP contribution in [0.3, 0.4) is 0 Å². The molecule has 1 aromatic carbocycles. The molecule has 0 unspecified atom stereocenters. The Morgan fingerprint density at radius 2 is 2.03 bits per heavy atom. The molecule has 5 heterocycles. The molecule has 3 aliphatic heterocycles. The summed E-state index contributed by atoms with van der Waals surface area (Å²) < 4.78 is 21.4. The number of rotatable bonds is 5. The minimum Gasteiger partial charge on any atom is -0.471 e. The molecule has 3 fully saturated rings. The van der Waals surface area contributed by atoms with Gasteiger partial charge in [-0.1, -0.05) is 12.1 Å². The predicted octanol–water partition coefficient (Wildman–Crippen LogP) is 3.10. The molecule has 3 aromatic rings. The first-order valence-corrected chi connectivity index (χ1v) is 11.3. The molecule has 170 valence electrons. The fourth-order valence-corrected chi connectivity index (χ4v) is 5.81. The van der Waals surface area contributed by atoms with Crippen molar-refractivity contribution in [2.24, 2.45) is 11.8 Å². The highest BCUT2D eigenvalue weighted by Crippen LogP contribution is 2.62. The van der Waals surface area contributed by atoms with Gasteiger partial charge in [-0.25, -0.2) is 4.79 Å². The van der Waals surface area contributed by atoms with Gasteiger partial charge in [-0.3, -0.25) is 9.88 Å². The molecule has 2 saturated heterocycles. The van der Waals surface area contributed by atoms with Gasteiger partial charge in [-0.15, -0.1) is 0 Å². The quantitative estimate of drug-likeness (QED) is 0.576. The number of carbonyl (C=O) groups excluding carboxylic acids is 1. The second-order valence-electron chi connectivity index (χ2n) is 9.22. The fourth-order valence-electron chi connectivity index (χ4n) is 5.81. The van der Waals surface area contributed by atoms with Crippen molar-refractivity contribution in [2.45, 2.75) is 24.0 Å². The Labute approximate surface area is 194 Å². The number of hydrogen-bond acceptors (Lipinski definition) is 8. The lowest BCUT2D eigenvalue weighted by Crippen LogP contribution is -2.36. The van der Waals surface area contributed by atoms with E-state index in [2.05, 4.69) is 22.3 Å². The molecule has 1 saturated carbocycles. The SMILES string of the molecule is N#C[C@]1(c2ccc(-c3ccc4c(c3)C[C@H]3[C@H](COc5ccon5)OC(=O)N43)cn2)[C@@H]2COC[C@@H]21. The van der Waals surface area contributed by atoms with E-state index in [-0.39, 0.29) is 30.6 Å². The Morgan fingerprint density at radius 1 is 1.18 bits per heavy atom. The van der Waals surface area contributed by atoms with Gasteiger partial charge >= 0.3 is 6.09 Å². The van der Waals surface area contributed by atoms with Crippen LogP contribution >= 0.6 is 0 Å². The lowest BCUT2D eigenvalue weighted by atomic mass is 9.96. The van der Waals surface area contributed by atoms with Gasteiger partial charge < -0.3 is 18.7 Å². The summed E-state index contributed by atoms with van der Waals surface area (Å²) in [6.07, 6.45) is 3.18. The molecule has 0 bridgehead atoms. The third-order valence-corrected chi connectivity index (χ3v) is 7.63. The highest BCUT2D eigenvalue weighted by atomic mass is 16.6. The summed E-state index contributed by atoms with van der Waals surface area (Å²) >= 11 is 0. The van der Waals surface area contributed by atoms with Gasteiger partial charge in [0.15, 0.2) is 6.10 Å². The number of ether oxygens (including phenoxy) is 3. The Balaban J connectivity index is 1.11. The summed E-state index contributed by atoms with van der Waals surface area (Å²) in [6, 6.07) is 14.0. The minimum absolute atomic E-state index is 0.128. The van der Waals surface area contributed by atoms with Crippen molar-refractivity contribution < 1.29 is 23.5 Å². The van der Waals surface area contributed by atoms with Crippen molar-refractivity contribution in [3.8, 4) is 23.1 Å². The normalized spacial score (nSPS) is 30.3. The molecular formula is C25H20N4O5. The Morgan fingerprint density at radius 3 is 2.76 bits per heavy atom. The van der Waals surface area contributed by atoms with Crippen molar-refractivity contribution in [3.05, 3.63) is 60.1 Å². The largest absolute Gasteiger partial charge is 0.471 e. The maximum atomic E-state index is 12.6. The van der Waals surface area contributed by atoms with Crippen molar-refractivity contribution in [2.75, 3.05) is 24.7 Å². The topological polar surface area (TPSA) is 111 Å². The third kappa shape index (κ3) is 2.66. The van der Waals surface area contributed by atoms with Crippen LogP contribution in [-0.4, -0.2) is 48.2 Å². The number of amides is 1. The molecular weight excluding hydrogens is 436 g/mol. The molecule has 2 aromatic heterocycles. The zero-order valence-corrected chi connectivity index (χ0v) is 18.1. The van der Waals surface area contributed by atoms with E-state index in [4.69, 9.17) is 18.7 Å². The first-order valence-electron chi connectivity index (χ1n) is 11.3. The zero-order chi connectivity index (χ0) is 22.9. The number of benzene rings is 1. The first kappa shape index (κ1) is 19.6. The van der Waals surface area contributed by atoms with Gasteiger partial charge in [0.1, 0.15) is 18.3 Å². The van der Waals surface area contributed by atoms with Crippen molar-refractivity contribution in [3.63, 3.8) is 0 Å². The van der Waals surface area contributed by atoms with E-state index in [0.717, 1.165) is 28.1 Å². The van der Waals surface area contributed by atoms with E-state index in [1.807, 2.05) is 30.5 Å². The molecule has 5 atom stereocenters. The molecule has 34 heavy (non-hydrogen) atoms. The van der Waals surface area contributed by atoms with Gasteiger partial charge in [0.05, 0.1) is 36.7 Å². The van der Waals surface area contributed by atoms with Crippen molar-refractivity contribution >= 4 is 11.8 Å². The van der Waals surface area contributed by atoms with Crippen LogP contribution in [-0.2, 0) is 21.3 Å². The molecule has 9 heteroatoms. The number of nitriles is 1. The summed E-state index contributed by atoms with van der Waals surface area (Å²) in [6.45, 7) is 1.48. The van der Waals surface area contributed by atoms with Gasteiger partial charge in [0.25, 0.3) is 5.88 Å². The smallest absolute Gasteiger partial charge is 0.415 e. The highest BCUT2D eigenvalue weighted by Gasteiger charge is 2.70. The van der Waals surface area contributed by atoms with Crippen LogP contribution in [0.4, 0.5) is 10.5 Å². The van der Waals surface area contributed by atoms with E-state index in [0.29, 0.717) is 25.5 Å². The summed E-state index contributed by atoms with van der Waals surface area (Å²) in [7, 11) is 0. The maximum Gasteiger partial charge on any atom is 0.415 e. The number of nitrogens with zero attached hydrogens (tertiary/aromatic N) is 4. The van der Waals surface area contributed by atoms with Crippen molar-refractivity contribution in [1.82, 2.24) is 10.1 Å². The number of carbonyl (C=O) groups is 1. The Kier molecular flexibility index (Phi) is 4.05. The molecule has 1 amide bonds. The van der Waals surface area contributed by atoms with E-state index in [9.17, 15) is 10.1 Å². The van der Waals surface area contributed by atoms with Gasteiger partial charge in [0.2, 0.25) is 0 Å². The van der Waals surface area contributed by atoms with Gasteiger partial charge in [0, 0.05) is 29.7 Å². The van der Waals surface area contributed by atoms with E-state index < -0.39 is 11.5 Å². The molecule has 7 rings (SSSR count). The van der Waals surface area contributed by atoms with E-state index in [1.54, 1.807) is 11.0 Å². The standard InChI is InChI=1S/C25H20N4O5/c26-13-25(17-10-31-11-18(17)25)22-4-2-15(9-27-22)14-1-3-19-16(7-14)8-20-21(34-24(30)29(19)20)12-32-23-5-6-33-28-23/h1-7,9,17-18,20-21H,8,10-12H2/t17-,18+,20-,21-,25+/m0/s1. The summed E-state index contributed by atoms with van der Waals surface area (Å²) in [4.78, 5) is 18.9. The van der Waals surface area contributed by atoms with Crippen LogP contribution in [0.5, 0.6) is 5.88 Å². The van der Waals surface area contributed by atoms with Crippen LogP contribution in [0.25, 0.3) is 11.1 Å². The predicted molar refractivity (Wildman–Crippen MR) is 117 cm³/mol. The number of pyridine rings is 1. The minimum atomic E-state index is -0.497. The third-order valence-electron chi connectivity index (χ3n) is 7.63. The van der Waals surface area contributed by atoms with Gasteiger partial charge in [-0.05, 0) is 40.9 Å². The number of fused-ring (bicyclic) bond motifs is 4. The Hall–Kier alpha value is -3.90. The monoisotopic (exact) mass is 456 g/mol. The van der Waals surface area contributed by atoms with Crippen molar-refractivity contribution in [1.29, 1.82) is 5.26 Å². The van der Waals surface area contributed by atoms with Crippen LogP contribution in [0.2, 0.25) is 0 Å². The fraction of sp³-hybridized carbons (Fsp3) is 0.360.